The van der Waals surface area contributed by atoms with Crippen LogP contribution in [0.4, 0.5) is 0 Å². The third-order valence-electron chi connectivity index (χ3n) is 3.18. The van der Waals surface area contributed by atoms with Crippen LogP contribution >= 0.6 is 0 Å². The summed E-state index contributed by atoms with van der Waals surface area (Å²) in [7, 11) is 0. The summed E-state index contributed by atoms with van der Waals surface area (Å²) >= 11 is 0. The van der Waals surface area contributed by atoms with E-state index in [1.807, 2.05) is 19.1 Å². The largest absolute Gasteiger partial charge is 0.327 e. The summed E-state index contributed by atoms with van der Waals surface area (Å²) in [5, 5.41) is 0. The Kier molecular flexibility index (Phi) is 2.45. The number of hydrogen-bond acceptors (Lipinski definition) is 4. The predicted octanol–water partition coefficient (Wildman–Crippen LogP) is 1.03. The van der Waals surface area contributed by atoms with Gasteiger partial charge in [0.05, 0.1) is 11.0 Å². The first-order chi connectivity index (χ1) is 9.08. The van der Waals surface area contributed by atoms with E-state index < -0.39 is 11.2 Å². The van der Waals surface area contributed by atoms with Crippen molar-refractivity contribution in [3.8, 4) is 0 Å². The Morgan fingerprint density at radius 1 is 1.11 bits per heavy atom. The van der Waals surface area contributed by atoms with Crippen LogP contribution in [0.3, 0.4) is 0 Å². The number of H-pyrrole nitrogens is 2. The molecule has 6 nitrogen and oxygen atoms in total. The molecule has 0 bridgehead atoms. The van der Waals surface area contributed by atoms with Crippen LogP contribution in [0, 0.1) is 6.92 Å². The lowest BCUT2D eigenvalue weighted by molar-refractivity contribution is 1.05. The number of hydrogen-bond donors (Lipinski definition) is 2. The van der Waals surface area contributed by atoms with Crippen LogP contribution in [0.15, 0.2) is 21.7 Å². The Hall–Kier alpha value is -2.50. The second-order valence-corrected chi connectivity index (χ2v) is 4.45. The van der Waals surface area contributed by atoms with Crippen LogP contribution in [-0.2, 0) is 6.42 Å². The van der Waals surface area contributed by atoms with Crippen molar-refractivity contribution in [3.05, 3.63) is 44.1 Å². The molecular formula is C13H12N4O2. The molecule has 0 amide bonds. The van der Waals surface area contributed by atoms with Gasteiger partial charge in [0.1, 0.15) is 0 Å². The Balaban J connectivity index is 2.48. The fraction of sp³-hybridized carbons (Fsp3) is 0.231. The third-order valence-corrected chi connectivity index (χ3v) is 3.18. The molecule has 0 fully saturated rings. The normalized spacial score (nSPS) is 11.3. The number of nitrogens with zero attached hydrogens (tertiary/aromatic N) is 2. The van der Waals surface area contributed by atoms with Crippen molar-refractivity contribution in [3.63, 3.8) is 0 Å². The van der Waals surface area contributed by atoms with Gasteiger partial charge in [-0.2, -0.15) is 0 Å². The zero-order valence-electron chi connectivity index (χ0n) is 10.6. The van der Waals surface area contributed by atoms with Gasteiger partial charge in [-0.1, -0.05) is 6.92 Å². The molecule has 0 aliphatic carbocycles. The van der Waals surface area contributed by atoms with Crippen molar-refractivity contribution in [1.82, 2.24) is 19.9 Å². The van der Waals surface area contributed by atoms with Crippen LogP contribution in [0.2, 0.25) is 0 Å². The van der Waals surface area contributed by atoms with Crippen molar-refractivity contribution in [2.45, 2.75) is 20.3 Å². The number of aryl methyl sites for hydroxylation is 2. The predicted molar refractivity (Wildman–Crippen MR) is 72.4 cm³/mol. The summed E-state index contributed by atoms with van der Waals surface area (Å²) < 4.78 is 0. The Morgan fingerprint density at radius 2 is 1.84 bits per heavy atom. The van der Waals surface area contributed by atoms with Gasteiger partial charge in [0.2, 0.25) is 0 Å². The summed E-state index contributed by atoms with van der Waals surface area (Å²) in [5.41, 5.74) is 2.89. The van der Waals surface area contributed by atoms with Gasteiger partial charge in [-0.3, -0.25) is 14.8 Å². The molecule has 0 atom stereocenters. The van der Waals surface area contributed by atoms with E-state index in [1.54, 1.807) is 0 Å². The first-order valence-corrected chi connectivity index (χ1v) is 6.02. The lowest BCUT2D eigenvalue weighted by atomic mass is 10.1. The van der Waals surface area contributed by atoms with Gasteiger partial charge in [-0.15, -0.1) is 0 Å². The van der Waals surface area contributed by atoms with E-state index >= 15 is 0 Å². The highest BCUT2D eigenvalue weighted by Gasteiger charge is 2.08. The average molecular weight is 256 g/mol. The first-order valence-electron chi connectivity index (χ1n) is 6.02. The monoisotopic (exact) mass is 256 g/mol. The average Bonchev–Trinajstić information content (AvgIpc) is 2.36. The molecule has 0 radical (unpaired) electrons. The van der Waals surface area contributed by atoms with Gasteiger partial charge >= 0.3 is 5.69 Å². The van der Waals surface area contributed by atoms with Crippen molar-refractivity contribution >= 4 is 22.2 Å². The Morgan fingerprint density at radius 3 is 2.58 bits per heavy atom. The SMILES string of the molecule is CCc1cc2nc3c(=O)[nH]c(=O)[nH]c3nc2cc1C. The highest BCUT2D eigenvalue weighted by atomic mass is 16.2. The van der Waals surface area contributed by atoms with Crippen LogP contribution in [0.25, 0.3) is 22.2 Å². The fourth-order valence-electron chi connectivity index (χ4n) is 2.18. The first kappa shape index (κ1) is 11.6. The summed E-state index contributed by atoms with van der Waals surface area (Å²) in [6, 6.07) is 3.85. The maximum Gasteiger partial charge on any atom is 0.327 e. The van der Waals surface area contributed by atoms with Crippen molar-refractivity contribution in [2.75, 3.05) is 0 Å². The molecule has 0 spiro atoms. The smallest absolute Gasteiger partial charge is 0.290 e. The van der Waals surface area contributed by atoms with Crippen molar-refractivity contribution < 1.29 is 0 Å². The molecule has 2 aromatic heterocycles. The van der Waals surface area contributed by atoms with Gasteiger partial charge in [0.25, 0.3) is 5.56 Å². The number of benzene rings is 1. The maximum absolute atomic E-state index is 11.7. The lowest BCUT2D eigenvalue weighted by Gasteiger charge is -2.05. The van der Waals surface area contributed by atoms with Crippen LogP contribution in [-0.4, -0.2) is 19.9 Å². The third kappa shape index (κ3) is 1.81. The number of aromatic nitrogens is 4. The van der Waals surface area contributed by atoms with Crippen LogP contribution in [0.5, 0.6) is 0 Å². The summed E-state index contributed by atoms with van der Waals surface area (Å²) in [6.45, 7) is 4.07. The molecule has 3 aromatic rings. The zero-order valence-corrected chi connectivity index (χ0v) is 10.6. The van der Waals surface area contributed by atoms with E-state index in [0.29, 0.717) is 11.0 Å². The van der Waals surface area contributed by atoms with E-state index in [2.05, 4.69) is 26.9 Å². The molecule has 2 heterocycles. The number of nitrogens with one attached hydrogen (secondary N) is 2. The molecule has 0 unspecified atom stereocenters. The molecule has 3 rings (SSSR count). The molecule has 96 valence electrons. The van der Waals surface area contributed by atoms with E-state index in [4.69, 9.17) is 0 Å². The molecule has 0 saturated heterocycles. The lowest BCUT2D eigenvalue weighted by Crippen LogP contribution is -2.23. The molecule has 2 N–H and O–H groups in total. The van der Waals surface area contributed by atoms with Crippen molar-refractivity contribution in [2.24, 2.45) is 0 Å². The van der Waals surface area contributed by atoms with Crippen LogP contribution < -0.4 is 11.2 Å². The molecule has 0 saturated carbocycles. The zero-order chi connectivity index (χ0) is 13.6. The number of fused-ring (bicyclic) bond motifs is 2. The second-order valence-electron chi connectivity index (χ2n) is 4.45. The summed E-state index contributed by atoms with van der Waals surface area (Å²) in [6.07, 6.45) is 0.892. The molecule has 1 aromatic carbocycles. The quantitative estimate of drug-likeness (QED) is 0.636. The minimum Gasteiger partial charge on any atom is -0.290 e. The van der Waals surface area contributed by atoms with Gasteiger partial charge in [-0.25, -0.2) is 14.8 Å². The van der Waals surface area contributed by atoms with E-state index in [-0.39, 0.29) is 11.2 Å². The second kappa shape index (κ2) is 4.01. The number of aromatic amines is 2. The van der Waals surface area contributed by atoms with Gasteiger partial charge in [-0.05, 0) is 36.6 Å². The topological polar surface area (TPSA) is 91.5 Å². The molecule has 0 aliphatic rings. The van der Waals surface area contributed by atoms with Crippen LogP contribution in [0.1, 0.15) is 18.1 Å². The number of rotatable bonds is 1. The Bertz CT molecular complexity index is 908. The van der Waals surface area contributed by atoms with E-state index in [0.717, 1.165) is 12.0 Å². The summed E-state index contributed by atoms with van der Waals surface area (Å²) in [4.78, 5) is 36.1. The van der Waals surface area contributed by atoms with Crippen molar-refractivity contribution in [1.29, 1.82) is 0 Å². The molecular weight excluding hydrogens is 244 g/mol. The maximum atomic E-state index is 11.7. The Labute approximate surface area is 107 Å². The molecule has 19 heavy (non-hydrogen) atoms. The minimum absolute atomic E-state index is 0.151. The molecule has 6 heteroatoms. The van der Waals surface area contributed by atoms with E-state index in [9.17, 15) is 9.59 Å². The van der Waals surface area contributed by atoms with Gasteiger partial charge in [0.15, 0.2) is 11.2 Å². The minimum atomic E-state index is -0.576. The summed E-state index contributed by atoms with van der Waals surface area (Å²) in [5.74, 6) is 0. The standard InChI is InChI=1S/C13H12N4O2/c1-3-7-5-9-8(4-6(7)2)15-11-10(14-9)12(18)17-13(19)16-11/h4-5H,3H2,1-2H3,(H2,15,16,17,18,19). The highest BCUT2D eigenvalue weighted by Crippen LogP contribution is 2.18. The van der Waals surface area contributed by atoms with Gasteiger partial charge < -0.3 is 0 Å². The van der Waals surface area contributed by atoms with Gasteiger partial charge in [0, 0.05) is 0 Å². The molecule has 0 aliphatic heterocycles. The highest BCUT2D eigenvalue weighted by molar-refractivity contribution is 5.84. The fourth-order valence-corrected chi connectivity index (χ4v) is 2.18. The van der Waals surface area contributed by atoms with E-state index in [1.165, 1.54) is 5.56 Å².